The molecule has 3 aromatic rings. The molecule has 2 aromatic carbocycles. The van der Waals surface area contributed by atoms with Crippen LogP contribution in [0, 0.1) is 0 Å². The molecule has 0 atom stereocenters. The predicted octanol–water partition coefficient (Wildman–Crippen LogP) is 3.92. The highest BCUT2D eigenvalue weighted by molar-refractivity contribution is 7.98. The first kappa shape index (κ1) is 27.0. The van der Waals surface area contributed by atoms with Crippen molar-refractivity contribution >= 4 is 27.7 Å². The van der Waals surface area contributed by atoms with Gasteiger partial charge in [-0.2, -0.15) is 9.29 Å². The van der Waals surface area contributed by atoms with Gasteiger partial charge in [0.1, 0.15) is 0 Å². The maximum absolute atomic E-state index is 13.4. The van der Waals surface area contributed by atoms with E-state index in [1.54, 1.807) is 36.3 Å². The van der Waals surface area contributed by atoms with Crippen molar-refractivity contribution in [1.29, 1.82) is 0 Å². The molecule has 1 amide bonds. The number of hydrogen-bond donors (Lipinski definition) is 0. The van der Waals surface area contributed by atoms with Crippen LogP contribution in [0.1, 0.15) is 35.5 Å². The van der Waals surface area contributed by atoms with E-state index in [9.17, 15) is 13.2 Å². The second-order valence-electron chi connectivity index (χ2n) is 8.56. The number of methoxy groups -OCH3 is 2. The lowest BCUT2D eigenvalue weighted by Crippen LogP contribution is -2.36. The molecule has 4 rings (SSSR count). The first-order valence-electron chi connectivity index (χ1n) is 11.8. The van der Waals surface area contributed by atoms with Crippen molar-refractivity contribution < 1.29 is 27.2 Å². The first-order chi connectivity index (χ1) is 17.8. The number of thioether (sulfide) groups is 1. The van der Waals surface area contributed by atoms with Crippen molar-refractivity contribution in [2.24, 2.45) is 0 Å². The fourth-order valence-electron chi connectivity index (χ4n) is 4.15. The van der Waals surface area contributed by atoms with Gasteiger partial charge in [-0.3, -0.25) is 4.79 Å². The van der Waals surface area contributed by atoms with Gasteiger partial charge in [0.05, 0.1) is 31.2 Å². The molecule has 37 heavy (non-hydrogen) atoms. The summed E-state index contributed by atoms with van der Waals surface area (Å²) in [5.74, 6) is 1.35. The number of benzene rings is 2. The van der Waals surface area contributed by atoms with Crippen LogP contribution in [0.4, 0.5) is 0 Å². The summed E-state index contributed by atoms with van der Waals surface area (Å²) in [6.07, 6.45) is 4.88. The van der Waals surface area contributed by atoms with Crippen LogP contribution in [0.15, 0.2) is 50.7 Å². The Labute approximate surface area is 221 Å². The van der Waals surface area contributed by atoms with Gasteiger partial charge in [0.15, 0.2) is 11.5 Å². The second-order valence-corrected chi connectivity index (χ2v) is 11.5. The van der Waals surface area contributed by atoms with Crippen molar-refractivity contribution in [3.8, 4) is 22.9 Å². The van der Waals surface area contributed by atoms with Crippen LogP contribution in [0.2, 0.25) is 0 Å². The fourth-order valence-corrected chi connectivity index (χ4v) is 5.87. The van der Waals surface area contributed by atoms with Crippen LogP contribution in [0.5, 0.6) is 11.5 Å². The van der Waals surface area contributed by atoms with Gasteiger partial charge in [0, 0.05) is 30.6 Å². The summed E-state index contributed by atoms with van der Waals surface area (Å²) >= 11 is 1.42. The third kappa shape index (κ3) is 5.76. The molecule has 0 aliphatic carbocycles. The zero-order chi connectivity index (χ0) is 26.6. The lowest BCUT2D eigenvalue weighted by Gasteiger charge is -2.27. The molecule has 1 aromatic heterocycles. The van der Waals surface area contributed by atoms with E-state index in [1.807, 2.05) is 6.26 Å². The van der Waals surface area contributed by atoms with Gasteiger partial charge in [-0.1, -0.05) is 5.16 Å². The molecular formula is C25H30N4O6S2. The second kappa shape index (κ2) is 11.5. The highest BCUT2D eigenvalue weighted by atomic mass is 32.2. The minimum Gasteiger partial charge on any atom is -0.493 e. The van der Waals surface area contributed by atoms with Crippen molar-refractivity contribution in [3.63, 3.8) is 0 Å². The van der Waals surface area contributed by atoms with Gasteiger partial charge < -0.3 is 18.9 Å². The maximum atomic E-state index is 13.4. The highest BCUT2D eigenvalue weighted by Crippen LogP contribution is 2.32. The van der Waals surface area contributed by atoms with Crippen LogP contribution >= 0.6 is 11.8 Å². The summed E-state index contributed by atoms with van der Waals surface area (Å²) < 4.78 is 43.8. The lowest BCUT2D eigenvalue weighted by molar-refractivity contribution is 0.0720. The van der Waals surface area contributed by atoms with Gasteiger partial charge in [-0.25, -0.2) is 8.42 Å². The molecule has 0 unspecified atom stereocenters. The average molecular weight is 547 g/mol. The van der Waals surface area contributed by atoms with Gasteiger partial charge >= 0.3 is 0 Å². The fraction of sp³-hybridized carbons (Fsp3) is 0.400. The Morgan fingerprint density at radius 1 is 1.08 bits per heavy atom. The number of likely N-dealkylation sites (tertiary alicyclic amines) is 1. The molecule has 2 heterocycles. The van der Waals surface area contributed by atoms with Gasteiger partial charge in [-0.15, -0.1) is 11.8 Å². The zero-order valence-electron chi connectivity index (χ0n) is 21.3. The molecule has 0 spiro atoms. The molecule has 1 aliphatic rings. The SMILES string of the molecule is COc1ccc(-c2noc(CN(C)S(=O)(=O)c3ccc(SC)c(C(=O)N4CCCCC4)c3)n2)cc1OC. The Kier molecular flexibility index (Phi) is 8.40. The minimum absolute atomic E-state index is 0.0350. The molecule has 1 aliphatic heterocycles. The van der Waals surface area contributed by atoms with Gasteiger partial charge in [0.2, 0.25) is 21.7 Å². The Hall–Kier alpha value is -3.09. The largest absolute Gasteiger partial charge is 0.493 e. The van der Waals surface area contributed by atoms with E-state index in [4.69, 9.17) is 14.0 Å². The molecule has 198 valence electrons. The monoisotopic (exact) mass is 546 g/mol. The summed E-state index contributed by atoms with van der Waals surface area (Å²) in [4.78, 5) is 20.1. The normalized spacial score (nSPS) is 14.1. The Morgan fingerprint density at radius 2 is 1.81 bits per heavy atom. The lowest BCUT2D eigenvalue weighted by atomic mass is 10.1. The molecule has 1 fully saturated rings. The van der Waals surface area contributed by atoms with Gasteiger partial charge in [-0.05, 0) is 61.9 Å². The van der Waals surface area contributed by atoms with E-state index in [0.29, 0.717) is 41.5 Å². The molecule has 0 saturated carbocycles. The number of nitrogens with zero attached hydrogens (tertiary/aromatic N) is 4. The van der Waals surface area contributed by atoms with E-state index < -0.39 is 10.0 Å². The average Bonchev–Trinajstić information content (AvgIpc) is 3.40. The van der Waals surface area contributed by atoms with E-state index in [0.717, 1.165) is 28.5 Å². The number of piperidine rings is 1. The van der Waals surface area contributed by atoms with Gasteiger partial charge in [0.25, 0.3) is 5.91 Å². The zero-order valence-corrected chi connectivity index (χ0v) is 22.9. The number of amides is 1. The standard InChI is InChI=1S/C25H30N4O6S2/c1-28(16-23-26-24(27-35-23)17-8-10-20(33-2)21(14-17)34-3)37(31,32)18-9-11-22(36-4)19(15-18)25(30)29-12-6-5-7-13-29/h8-11,14-15H,5-7,12-13,16H2,1-4H3. The van der Waals surface area contributed by atoms with E-state index in [-0.39, 0.29) is 23.2 Å². The number of hydrogen-bond acceptors (Lipinski definition) is 9. The Balaban J connectivity index is 1.55. The van der Waals surface area contributed by atoms with Crippen LogP contribution in [-0.4, -0.2) is 74.3 Å². The molecule has 0 radical (unpaired) electrons. The molecular weight excluding hydrogens is 516 g/mol. The molecule has 12 heteroatoms. The molecule has 10 nitrogen and oxygen atoms in total. The van der Waals surface area contributed by atoms with Crippen molar-refractivity contribution in [3.05, 3.63) is 47.9 Å². The highest BCUT2D eigenvalue weighted by Gasteiger charge is 2.27. The number of rotatable bonds is 9. The van der Waals surface area contributed by atoms with Crippen LogP contribution in [0.3, 0.4) is 0 Å². The summed E-state index contributed by atoms with van der Waals surface area (Å²) in [6.45, 7) is 1.23. The predicted molar refractivity (Wildman–Crippen MR) is 139 cm³/mol. The first-order valence-corrected chi connectivity index (χ1v) is 14.4. The molecule has 0 bridgehead atoms. The van der Waals surface area contributed by atoms with Crippen molar-refractivity contribution in [1.82, 2.24) is 19.3 Å². The third-order valence-corrected chi connectivity index (χ3v) is 8.82. The summed E-state index contributed by atoms with van der Waals surface area (Å²) in [5, 5.41) is 3.98. The number of ether oxygens (including phenoxy) is 2. The maximum Gasteiger partial charge on any atom is 0.255 e. The number of carbonyl (C=O) groups is 1. The topological polar surface area (TPSA) is 115 Å². The number of aromatic nitrogens is 2. The summed E-state index contributed by atoms with van der Waals surface area (Å²) in [5.41, 5.74) is 1.03. The van der Waals surface area contributed by atoms with E-state index in [1.165, 1.54) is 38.1 Å². The number of carbonyl (C=O) groups excluding carboxylic acids is 1. The van der Waals surface area contributed by atoms with E-state index >= 15 is 0 Å². The minimum atomic E-state index is -3.93. The summed E-state index contributed by atoms with van der Waals surface area (Å²) in [6, 6.07) is 9.87. The quantitative estimate of drug-likeness (QED) is 0.368. The molecule has 1 saturated heterocycles. The Bertz CT molecular complexity index is 1370. The van der Waals surface area contributed by atoms with Crippen molar-refractivity contribution in [2.45, 2.75) is 35.6 Å². The third-order valence-electron chi connectivity index (χ3n) is 6.22. The smallest absolute Gasteiger partial charge is 0.255 e. The molecule has 0 N–H and O–H groups in total. The number of sulfonamides is 1. The van der Waals surface area contributed by atoms with E-state index in [2.05, 4.69) is 10.1 Å². The van der Waals surface area contributed by atoms with Crippen LogP contribution in [0.25, 0.3) is 11.4 Å². The summed E-state index contributed by atoms with van der Waals surface area (Å²) in [7, 11) is 0.571. The van der Waals surface area contributed by atoms with Crippen molar-refractivity contribution in [2.75, 3.05) is 40.6 Å². The van der Waals surface area contributed by atoms with Crippen LogP contribution < -0.4 is 9.47 Å². The Morgan fingerprint density at radius 3 is 2.49 bits per heavy atom. The van der Waals surface area contributed by atoms with Crippen LogP contribution in [-0.2, 0) is 16.6 Å².